The third-order valence-corrected chi connectivity index (χ3v) is 4.60. The van der Waals surface area contributed by atoms with E-state index in [1.807, 2.05) is 36.4 Å². The number of nitrogens with zero attached hydrogens (tertiary/aromatic N) is 2. The molecule has 7 nitrogen and oxygen atoms in total. The Morgan fingerprint density at radius 3 is 2.55 bits per heavy atom. The topological polar surface area (TPSA) is 96.8 Å². The molecule has 0 saturated heterocycles. The van der Waals surface area contributed by atoms with Gasteiger partial charge in [0, 0.05) is 24.5 Å². The maximum absolute atomic E-state index is 12.9. The minimum Gasteiger partial charge on any atom is -0.348 e. The maximum atomic E-state index is 12.9. The van der Waals surface area contributed by atoms with Gasteiger partial charge in [0.25, 0.3) is 11.5 Å². The second-order valence-electron chi connectivity index (χ2n) is 6.61. The highest BCUT2D eigenvalue weighted by Gasteiger charge is 2.12. The first-order chi connectivity index (χ1) is 14.1. The van der Waals surface area contributed by atoms with E-state index in [-0.39, 0.29) is 17.8 Å². The van der Waals surface area contributed by atoms with Crippen LogP contribution in [0.25, 0.3) is 10.9 Å². The largest absolute Gasteiger partial charge is 0.348 e. The highest BCUT2D eigenvalue weighted by Crippen LogP contribution is 2.10. The van der Waals surface area contributed by atoms with Crippen LogP contribution in [0.2, 0.25) is 0 Å². The highest BCUT2D eigenvalue weighted by atomic mass is 16.2. The van der Waals surface area contributed by atoms with Gasteiger partial charge < -0.3 is 10.3 Å². The predicted molar refractivity (Wildman–Crippen MR) is 110 cm³/mol. The van der Waals surface area contributed by atoms with E-state index in [2.05, 4.69) is 15.3 Å². The first-order valence-corrected chi connectivity index (χ1v) is 9.10. The van der Waals surface area contributed by atoms with Gasteiger partial charge in [0.1, 0.15) is 0 Å². The Bertz CT molecular complexity index is 1280. The van der Waals surface area contributed by atoms with Gasteiger partial charge in [-0.1, -0.05) is 36.4 Å². The van der Waals surface area contributed by atoms with Gasteiger partial charge in [0.2, 0.25) is 0 Å². The van der Waals surface area contributed by atoms with E-state index in [0.29, 0.717) is 17.6 Å². The third-order valence-electron chi connectivity index (χ3n) is 4.60. The van der Waals surface area contributed by atoms with E-state index in [1.165, 1.54) is 6.07 Å². The Labute approximate surface area is 165 Å². The number of hydrogen-bond acceptors (Lipinski definition) is 4. The van der Waals surface area contributed by atoms with Crippen molar-refractivity contribution >= 4 is 16.8 Å². The van der Waals surface area contributed by atoms with E-state index in [1.54, 1.807) is 30.6 Å². The van der Waals surface area contributed by atoms with Crippen molar-refractivity contribution in [3.8, 4) is 0 Å². The molecule has 0 aliphatic heterocycles. The van der Waals surface area contributed by atoms with Gasteiger partial charge in [-0.15, -0.1) is 0 Å². The normalized spacial score (nSPS) is 10.8. The highest BCUT2D eigenvalue weighted by molar-refractivity contribution is 5.97. The Morgan fingerprint density at radius 1 is 1.00 bits per heavy atom. The molecule has 144 valence electrons. The molecule has 0 radical (unpaired) electrons. The van der Waals surface area contributed by atoms with Crippen LogP contribution in [0, 0.1) is 0 Å². The molecule has 2 heterocycles. The summed E-state index contributed by atoms with van der Waals surface area (Å²) in [5, 5.41) is 3.09. The summed E-state index contributed by atoms with van der Waals surface area (Å²) < 4.78 is 1.13. The van der Waals surface area contributed by atoms with Gasteiger partial charge in [-0.2, -0.15) is 0 Å². The number of benzene rings is 2. The number of H-pyrrole nitrogens is 1. The van der Waals surface area contributed by atoms with Crippen LogP contribution in [0.4, 0.5) is 0 Å². The lowest BCUT2D eigenvalue weighted by Gasteiger charge is -2.09. The summed E-state index contributed by atoms with van der Waals surface area (Å²) in [6, 6.07) is 17.6. The van der Waals surface area contributed by atoms with Crippen molar-refractivity contribution in [1.82, 2.24) is 19.9 Å². The zero-order chi connectivity index (χ0) is 20.2. The fraction of sp³-hybridized carbons (Fsp3) is 0.0909. The summed E-state index contributed by atoms with van der Waals surface area (Å²) in [5.74, 6) is -0.309. The second kappa shape index (κ2) is 7.93. The number of fused-ring (bicyclic) bond motifs is 1. The van der Waals surface area contributed by atoms with Crippen LogP contribution in [0.5, 0.6) is 0 Å². The predicted octanol–water partition coefficient (Wildman–Crippen LogP) is 2.06. The van der Waals surface area contributed by atoms with Gasteiger partial charge in [-0.25, -0.2) is 4.79 Å². The number of aromatic nitrogens is 3. The molecular formula is C22H18N4O3. The summed E-state index contributed by atoms with van der Waals surface area (Å²) in [4.78, 5) is 44.5. The SMILES string of the molecule is O=C(NCc1cccnc1)c1ccc2[nH]c(=O)n(Cc3ccccc3)c(=O)c2c1. The van der Waals surface area contributed by atoms with Gasteiger partial charge in [-0.3, -0.25) is 19.1 Å². The molecule has 0 unspecified atom stereocenters. The minimum absolute atomic E-state index is 0.155. The van der Waals surface area contributed by atoms with Crippen LogP contribution in [0.1, 0.15) is 21.5 Å². The van der Waals surface area contributed by atoms with Crippen molar-refractivity contribution in [1.29, 1.82) is 0 Å². The molecule has 0 saturated carbocycles. The Kier molecular flexibility index (Phi) is 5.03. The second-order valence-corrected chi connectivity index (χ2v) is 6.61. The molecular weight excluding hydrogens is 368 g/mol. The maximum Gasteiger partial charge on any atom is 0.329 e. The molecule has 2 aromatic carbocycles. The molecule has 2 N–H and O–H groups in total. The van der Waals surface area contributed by atoms with Crippen LogP contribution >= 0.6 is 0 Å². The minimum atomic E-state index is -0.486. The van der Waals surface area contributed by atoms with E-state index in [0.717, 1.165) is 15.7 Å². The quantitative estimate of drug-likeness (QED) is 0.549. The lowest BCUT2D eigenvalue weighted by atomic mass is 10.1. The number of amides is 1. The molecule has 7 heteroatoms. The van der Waals surface area contributed by atoms with Crippen LogP contribution in [-0.2, 0) is 13.1 Å². The fourth-order valence-electron chi connectivity index (χ4n) is 3.09. The summed E-state index contributed by atoms with van der Waals surface area (Å²) in [5.41, 5.74) is 1.53. The van der Waals surface area contributed by atoms with Crippen LogP contribution in [0.15, 0.2) is 82.6 Å². The number of nitrogens with one attached hydrogen (secondary N) is 2. The van der Waals surface area contributed by atoms with Gasteiger partial charge in [0.15, 0.2) is 0 Å². The molecule has 29 heavy (non-hydrogen) atoms. The number of rotatable bonds is 5. The number of carbonyl (C=O) groups is 1. The van der Waals surface area contributed by atoms with E-state index >= 15 is 0 Å². The van der Waals surface area contributed by atoms with Crippen molar-refractivity contribution in [3.63, 3.8) is 0 Å². The Balaban J connectivity index is 1.65. The summed E-state index contributed by atoms with van der Waals surface area (Å²) >= 11 is 0. The van der Waals surface area contributed by atoms with E-state index < -0.39 is 11.2 Å². The lowest BCUT2D eigenvalue weighted by molar-refractivity contribution is 0.0951. The average Bonchev–Trinajstić information content (AvgIpc) is 2.76. The summed E-state index contributed by atoms with van der Waals surface area (Å²) in [6.45, 7) is 0.483. The van der Waals surface area contributed by atoms with Crippen molar-refractivity contribution < 1.29 is 4.79 Å². The standard InChI is InChI=1S/C22H18N4O3/c27-20(24-13-16-7-4-10-23-12-16)17-8-9-19-18(11-17)21(28)26(22(29)25-19)14-15-5-2-1-3-6-15/h1-12H,13-14H2,(H,24,27)(H,25,29). The van der Waals surface area contributed by atoms with E-state index in [4.69, 9.17) is 0 Å². The number of carbonyl (C=O) groups excluding carboxylic acids is 1. The molecule has 2 aromatic heterocycles. The van der Waals surface area contributed by atoms with Crippen LogP contribution in [-0.4, -0.2) is 20.4 Å². The number of hydrogen-bond donors (Lipinski definition) is 2. The van der Waals surface area contributed by atoms with Gasteiger partial charge in [0.05, 0.1) is 17.4 Å². The van der Waals surface area contributed by atoms with Crippen molar-refractivity contribution in [2.45, 2.75) is 13.1 Å². The number of pyridine rings is 1. The zero-order valence-electron chi connectivity index (χ0n) is 15.5. The summed E-state index contributed by atoms with van der Waals surface area (Å²) in [7, 11) is 0. The van der Waals surface area contributed by atoms with Crippen LogP contribution < -0.4 is 16.6 Å². The smallest absolute Gasteiger partial charge is 0.329 e. The third kappa shape index (κ3) is 3.98. The van der Waals surface area contributed by atoms with Crippen molar-refractivity contribution in [2.24, 2.45) is 0 Å². The molecule has 0 bridgehead atoms. The summed E-state index contributed by atoms with van der Waals surface area (Å²) in [6.07, 6.45) is 3.34. The molecule has 0 spiro atoms. The molecule has 0 fully saturated rings. The molecule has 0 aliphatic rings. The monoisotopic (exact) mass is 386 g/mol. The van der Waals surface area contributed by atoms with Crippen molar-refractivity contribution in [2.75, 3.05) is 0 Å². The van der Waals surface area contributed by atoms with Gasteiger partial charge >= 0.3 is 5.69 Å². The first kappa shape index (κ1) is 18.4. The van der Waals surface area contributed by atoms with Gasteiger partial charge in [-0.05, 0) is 35.4 Å². The Morgan fingerprint density at radius 2 is 1.79 bits per heavy atom. The van der Waals surface area contributed by atoms with Crippen molar-refractivity contribution in [3.05, 3.63) is 111 Å². The molecule has 0 atom stereocenters. The molecule has 1 amide bonds. The lowest BCUT2D eigenvalue weighted by Crippen LogP contribution is -2.35. The average molecular weight is 386 g/mol. The first-order valence-electron chi connectivity index (χ1n) is 9.10. The van der Waals surface area contributed by atoms with E-state index in [9.17, 15) is 14.4 Å². The van der Waals surface area contributed by atoms with Crippen LogP contribution in [0.3, 0.4) is 0 Å². The number of aromatic amines is 1. The molecule has 4 aromatic rings. The Hall–Kier alpha value is -4.00. The molecule has 0 aliphatic carbocycles. The fourth-order valence-corrected chi connectivity index (χ4v) is 3.09. The zero-order valence-corrected chi connectivity index (χ0v) is 15.5. The molecule has 4 rings (SSSR count).